The van der Waals surface area contributed by atoms with Crippen LogP contribution in [0.5, 0.6) is 11.5 Å². The molecule has 0 saturated heterocycles. The molecule has 0 amide bonds. The van der Waals surface area contributed by atoms with Gasteiger partial charge in [0, 0.05) is 17.3 Å². The van der Waals surface area contributed by atoms with E-state index in [1.807, 2.05) is 0 Å². The Morgan fingerprint density at radius 1 is 1.36 bits per heavy atom. The zero-order valence-electron chi connectivity index (χ0n) is 7.46. The highest BCUT2D eigenvalue weighted by Crippen LogP contribution is 2.32. The number of hydrogen-bond donors (Lipinski definition) is 0. The molecule has 74 valence electrons. The van der Waals surface area contributed by atoms with Crippen LogP contribution in [0.3, 0.4) is 0 Å². The number of fused-ring (bicyclic) bond motifs is 1. The number of hydrogen-bond acceptors (Lipinski definition) is 3. The number of benzene rings is 1. The molecule has 0 unspecified atom stereocenters. The van der Waals surface area contributed by atoms with Crippen molar-refractivity contribution in [2.24, 2.45) is 0 Å². The number of alkyl halides is 1. The number of rotatable bonds is 3. The van der Waals surface area contributed by atoms with E-state index in [0.717, 1.165) is 0 Å². The van der Waals surface area contributed by atoms with Crippen molar-refractivity contribution in [3.63, 3.8) is 0 Å². The number of halogens is 1. The lowest BCUT2D eigenvalue weighted by molar-refractivity contribution is 0.0989. The molecule has 2 rings (SSSR count). The minimum absolute atomic E-state index is 0.111. The summed E-state index contributed by atoms with van der Waals surface area (Å²) in [6, 6.07) is 5.26. The van der Waals surface area contributed by atoms with Crippen LogP contribution >= 0.6 is 15.9 Å². The van der Waals surface area contributed by atoms with Gasteiger partial charge in [-0.15, -0.1) is 0 Å². The zero-order chi connectivity index (χ0) is 9.97. The highest BCUT2D eigenvalue weighted by atomic mass is 79.9. The van der Waals surface area contributed by atoms with Gasteiger partial charge in [0.25, 0.3) is 0 Å². The SMILES string of the molecule is O=C(CCBr)c1ccc2c(c1)OCO2. The van der Waals surface area contributed by atoms with E-state index >= 15 is 0 Å². The molecule has 0 bridgehead atoms. The van der Waals surface area contributed by atoms with E-state index in [1.165, 1.54) is 0 Å². The molecule has 0 aromatic heterocycles. The highest BCUT2D eigenvalue weighted by Gasteiger charge is 2.15. The Balaban J connectivity index is 2.24. The first-order valence-electron chi connectivity index (χ1n) is 4.30. The lowest BCUT2D eigenvalue weighted by atomic mass is 10.1. The first kappa shape index (κ1) is 9.52. The van der Waals surface area contributed by atoms with Crippen molar-refractivity contribution < 1.29 is 14.3 Å². The van der Waals surface area contributed by atoms with E-state index in [9.17, 15) is 4.79 Å². The smallest absolute Gasteiger partial charge is 0.231 e. The third-order valence-corrected chi connectivity index (χ3v) is 2.41. The van der Waals surface area contributed by atoms with Crippen LogP contribution in [-0.4, -0.2) is 17.9 Å². The highest BCUT2D eigenvalue weighted by molar-refractivity contribution is 9.09. The van der Waals surface area contributed by atoms with Crippen LogP contribution in [0.4, 0.5) is 0 Å². The summed E-state index contributed by atoms with van der Waals surface area (Å²) in [5.41, 5.74) is 0.675. The van der Waals surface area contributed by atoms with Gasteiger partial charge < -0.3 is 9.47 Å². The van der Waals surface area contributed by atoms with E-state index < -0.39 is 0 Å². The molecule has 0 spiro atoms. The summed E-state index contributed by atoms with van der Waals surface area (Å²) in [4.78, 5) is 11.5. The largest absolute Gasteiger partial charge is 0.454 e. The maximum atomic E-state index is 11.5. The van der Waals surface area contributed by atoms with E-state index in [-0.39, 0.29) is 12.6 Å². The molecule has 3 nitrogen and oxygen atoms in total. The third kappa shape index (κ3) is 1.75. The summed E-state index contributed by atoms with van der Waals surface area (Å²) in [7, 11) is 0. The minimum Gasteiger partial charge on any atom is -0.454 e. The molecular weight excluding hydrogens is 248 g/mol. The van der Waals surface area contributed by atoms with Gasteiger partial charge in [-0.25, -0.2) is 0 Å². The van der Waals surface area contributed by atoms with Crippen LogP contribution in [0.25, 0.3) is 0 Å². The van der Waals surface area contributed by atoms with Crippen LogP contribution in [0.1, 0.15) is 16.8 Å². The van der Waals surface area contributed by atoms with Crippen molar-refractivity contribution in [2.45, 2.75) is 6.42 Å². The van der Waals surface area contributed by atoms with E-state index in [2.05, 4.69) is 15.9 Å². The topological polar surface area (TPSA) is 35.5 Å². The molecule has 1 aliphatic rings. The van der Waals surface area contributed by atoms with Crippen LogP contribution in [-0.2, 0) is 0 Å². The minimum atomic E-state index is 0.111. The average Bonchev–Trinajstić information content (AvgIpc) is 2.64. The molecule has 1 aromatic rings. The Labute approximate surface area is 90.1 Å². The van der Waals surface area contributed by atoms with Gasteiger partial charge in [0.05, 0.1) is 0 Å². The standard InChI is InChI=1S/C10H9BrO3/c11-4-3-8(12)7-1-2-9-10(5-7)14-6-13-9/h1-2,5H,3-4,6H2. The summed E-state index contributed by atoms with van der Waals surface area (Å²) in [6.45, 7) is 0.241. The lowest BCUT2D eigenvalue weighted by Gasteiger charge is -2.00. The molecule has 1 heterocycles. The van der Waals surface area contributed by atoms with Crippen molar-refractivity contribution >= 4 is 21.7 Å². The van der Waals surface area contributed by atoms with Gasteiger partial charge in [-0.1, -0.05) is 15.9 Å². The second kappa shape index (κ2) is 4.00. The summed E-state index contributed by atoms with van der Waals surface area (Å²) < 4.78 is 10.3. The first-order valence-corrected chi connectivity index (χ1v) is 5.42. The summed E-state index contributed by atoms with van der Waals surface area (Å²) >= 11 is 3.23. The van der Waals surface area contributed by atoms with Gasteiger partial charge in [0.1, 0.15) is 0 Å². The molecule has 1 aromatic carbocycles. The molecule has 0 atom stereocenters. The molecule has 0 N–H and O–H groups in total. The van der Waals surface area contributed by atoms with Crippen molar-refractivity contribution in [3.8, 4) is 11.5 Å². The Bertz CT molecular complexity index is 362. The molecule has 0 fully saturated rings. The van der Waals surface area contributed by atoms with Gasteiger partial charge in [-0.05, 0) is 18.2 Å². The average molecular weight is 257 g/mol. The molecule has 0 radical (unpaired) electrons. The Morgan fingerprint density at radius 2 is 2.14 bits per heavy atom. The number of carbonyl (C=O) groups is 1. The molecule has 0 saturated carbocycles. The maximum Gasteiger partial charge on any atom is 0.231 e. The van der Waals surface area contributed by atoms with Gasteiger partial charge in [-0.2, -0.15) is 0 Å². The molecule has 4 heteroatoms. The van der Waals surface area contributed by atoms with Crippen LogP contribution in [0.15, 0.2) is 18.2 Å². The molecule has 0 aliphatic carbocycles. The fourth-order valence-corrected chi connectivity index (χ4v) is 1.66. The van der Waals surface area contributed by atoms with Crippen LogP contribution in [0.2, 0.25) is 0 Å². The Hall–Kier alpha value is -1.03. The van der Waals surface area contributed by atoms with Crippen molar-refractivity contribution in [2.75, 3.05) is 12.1 Å². The van der Waals surface area contributed by atoms with Crippen LogP contribution in [0, 0.1) is 0 Å². The zero-order valence-corrected chi connectivity index (χ0v) is 9.04. The molecule has 14 heavy (non-hydrogen) atoms. The maximum absolute atomic E-state index is 11.5. The van der Waals surface area contributed by atoms with E-state index in [1.54, 1.807) is 18.2 Å². The number of carbonyl (C=O) groups excluding carboxylic acids is 1. The number of Topliss-reactive ketones (excluding diaryl/α,β-unsaturated/α-hetero) is 1. The second-order valence-corrected chi connectivity index (χ2v) is 3.72. The summed E-state index contributed by atoms with van der Waals surface area (Å²) in [5, 5.41) is 0.681. The predicted molar refractivity (Wildman–Crippen MR) is 55.3 cm³/mol. The first-order chi connectivity index (χ1) is 6.81. The van der Waals surface area contributed by atoms with Gasteiger partial charge >= 0.3 is 0 Å². The molecule has 1 aliphatic heterocycles. The quantitative estimate of drug-likeness (QED) is 0.616. The summed E-state index contributed by atoms with van der Waals surface area (Å²) in [6.07, 6.45) is 0.500. The van der Waals surface area contributed by atoms with Crippen molar-refractivity contribution in [1.29, 1.82) is 0 Å². The number of ketones is 1. The predicted octanol–water partition coefficient (Wildman–Crippen LogP) is 2.38. The van der Waals surface area contributed by atoms with Gasteiger partial charge in [-0.3, -0.25) is 4.79 Å². The Morgan fingerprint density at radius 3 is 2.93 bits per heavy atom. The molecular formula is C10H9BrO3. The third-order valence-electron chi connectivity index (χ3n) is 2.02. The lowest BCUT2D eigenvalue weighted by Crippen LogP contribution is -1.99. The fourth-order valence-electron chi connectivity index (χ4n) is 1.30. The van der Waals surface area contributed by atoms with Crippen molar-refractivity contribution in [3.05, 3.63) is 23.8 Å². The summed E-state index contributed by atoms with van der Waals surface area (Å²) in [5.74, 6) is 1.48. The fraction of sp³-hybridized carbons (Fsp3) is 0.300. The normalized spacial score (nSPS) is 12.9. The van der Waals surface area contributed by atoms with Crippen LogP contribution < -0.4 is 9.47 Å². The van der Waals surface area contributed by atoms with Gasteiger partial charge in [0.15, 0.2) is 17.3 Å². The van der Waals surface area contributed by atoms with E-state index in [4.69, 9.17) is 9.47 Å². The monoisotopic (exact) mass is 256 g/mol. The second-order valence-electron chi connectivity index (χ2n) is 2.93. The Kier molecular flexibility index (Phi) is 2.72. The van der Waals surface area contributed by atoms with Crippen molar-refractivity contribution in [1.82, 2.24) is 0 Å². The van der Waals surface area contributed by atoms with Gasteiger partial charge in [0.2, 0.25) is 6.79 Å². The number of ether oxygens (including phenoxy) is 2. The van der Waals surface area contributed by atoms with E-state index in [0.29, 0.717) is 28.8 Å².